The summed E-state index contributed by atoms with van der Waals surface area (Å²) in [7, 11) is 0. The summed E-state index contributed by atoms with van der Waals surface area (Å²) in [6.45, 7) is 7.20. The molecule has 0 saturated carbocycles. The maximum absolute atomic E-state index is 4.46. The van der Waals surface area contributed by atoms with Gasteiger partial charge in [0.1, 0.15) is 0 Å². The standard InChI is InChI=1S/C8H13N3/c1-3-11-6(2)7-4-9-5-8(7)10-11/h9H,3-5H2,1-2H3. The molecule has 1 aromatic rings. The molecule has 0 fully saturated rings. The fraction of sp³-hybridized carbons (Fsp3) is 0.625. The van der Waals surface area contributed by atoms with Gasteiger partial charge >= 0.3 is 0 Å². The topological polar surface area (TPSA) is 29.9 Å². The summed E-state index contributed by atoms with van der Waals surface area (Å²) in [6.07, 6.45) is 0. The van der Waals surface area contributed by atoms with Crippen molar-refractivity contribution in [2.45, 2.75) is 33.5 Å². The fourth-order valence-corrected chi connectivity index (χ4v) is 1.63. The monoisotopic (exact) mass is 151 g/mol. The van der Waals surface area contributed by atoms with E-state index in [2.05, 4.69) is 28.9 Å². The molecular formula is C8H13N3. The van der Waals surface area contributed by atoms with Crippen LogP contribution in [0.25, 0.3) is 0 Å². The van der Waals surface area contributed by atoms with Crippen LogP contribution in [0.1, 0.15) is 23.9 Å². The van der Waals surface area contributed by atoms with Crippen LogP contribution in [-0.2, 0) is 19.6 Å². The van der Waals surface area contributed by atoms with Crippen LogP contribution in [0.15, 0.2) is 0 Å². The summed E-state index contributed by atoms with van der Waals surface area (Å²) >= 11 is 0. The Morgan fingerprint density at radius 1 is 1.55 bits per heavy atom. The van der Waals surface area contributed by atoms with E-state index in [0.29, 0.717) is 0 Å². The SMILES string of the molecule is CCn1nc2c(c1C)CNC2. The third kappa shape index (κ3) is 0.878. The van der Waals surface area contributed by atoms with Crippen LogP contribution in [0.4, 0.5) is 0 Å². The molecule has 0 bridgehead atoms. The minimum atomic E-state index is 0.948. The molecule has 0 spiro atoms. The number of nitrogens with one attached hydrogen (secondary N) is 1. The first-order chi connectivity index (χ1) is 5.33. The minimum absolute atomic E-state index is 0.948. The van der Waals surface area contributed by atoms with E-state index in [1.807, 2.05) is 0 Å². The van der Waals surface area contributed by atoms with Crippen LogP contribution >= 0.6 is 0 Å². The summed E-state index contributed by atoms with van der Waals surface area (Å²) < 4.78 is 2.07. The molecule has 3 heteroatoms. The van der Waals surface area contributed by atoms with E-state index in [-0.39, 0.29) is 0 Å². The molecule has 0 unspecified atom stereocenters. The van der Waals surface area contributed by atoms with Crippen molar-refractivity contribution < 1.29 is 0 Å². The lowest BCUT2D eigenvalue weighted by Gasteiger charge is -2.00. The first-order valence-electron chi connectivity index (χ1n) is 4.08. The lowest BCUT2D eigenvalue weighted by atomic mass is 10.2. The van der Waals surface area contributed by atoms with E-state index in [9.17, 15) is 0 Å². The smallest absolute Gasteiger partial charge is 0.0810 e. The Balaban J connectivity index is 2.49. The highest BCUT2D eigenvalue weighted by molar-refractivity contribution is 5.28. The summed E-state index contributed by atoms with van der Waals surface area (Å²) in [6, 6.07) is 0. The van der Waals surface area contributed by atoms with E-state index in [4.69, 9.17) is 0 Å². The van der Waals surface area contributed by atoms with Gasteiger partial charge in [-0.25, -0.2) is 0 Å². The maximum atomic E-state index is 4.46. The highest BCUT2D eigenvalue weighted by Gasteiger charge is 2.17. The Morgan fingerprint density at radius 3 is 3.00 bits per heavy atom. The third-order valence-electron chi connectivity index (χ3n) is 2.31. The van der Waals surface area contributed by atoms with E-state index >= 15 is 0 Å². The molecule has 0 saturated heterocycles. The lowest BCUT2D eigenvalue weighted by Crippen LogP contribution is -2.07. The quantitative estimate of drug-likeness (QED) is 0.644. The number of hydrogen-bond acceptors (Lipinski definition) is 2. The van der Waals surface area contributed by atoms with Crippen molar-refractivity contribution in [3.63, 3.8) is 0 Å². The van der Waals surface area contributed by atoms with Crippen molar-refractivity contribution in [3.05, 3.63) is 17.0 Å². The van der Waals surface area contributed by atoms with Gasteiger partial charge in [0.25, 0.3) is 0 Å². The van der Waals surface area contributed by atoms with Crippen molar-refractivity contribution in [2.24, 2.45) is 0 Å². The average Bonchev–Trinajstić information content (AvgIpc) is 2.53. The molecule has 3 nitrogen and oxygen atoms in total. The van der Waals surface area contributed by atoms with Crippen LogP contribution in [0.3, 0.4) is 0 Å². The molecule has 0 aromatic carbocycles. The molecule has 0 radical (unpaired) electrons. The number of hydrogen-bond donors (Lipinski definition) is 1. The van der Waals surface area contributed by atoms with Crippen LogP contribution in [0.5, 0.6) is 0 Å². The summed E-state index contributed by atoms with van der Waals surface area (Å²) in [4.78, 5) is 0. The van der Waals surface area contributed by atoms with Crippen LogP contribution in [0, 0.1) is 6.92 Å². The summed E-state index contributed by atoms with van der Waals surface area (Å²) in [5, 5.41) is 7.75. The zero-order valence-electron chi connectivity index (χ0n) is 7.02. The maximum Gasteiger partial charge on any atom is 0.0810 e. The highest BCUT2D eigenvalue weighted by Crippen LogP contribution is 2.17. The second-order valence-corrected chi connectivity index (χ2v) is 2.93. The fourth-order valence-electron chi connectivity index (χ4n) is 1.63. The largest absolute Gasteiger partial charge is 0.307 e. The van der Waals surface area contributed by atoms with Gasteiger partial charge in [0.2, 0.25) is 0 Å². The van der Waals surface area contributed by atoms with Gasteiger partial charge < -0.3 is 5.32 Å². The third-order valence-corrected chi connectivity index (χ3v) is 2.31. The molecule has 1 aromatic heterocycles. The highest BCUT2D eigenvalue weighted by atomic mass is 15.3. The van der Waals surface area contributed by atoms with E-state index in [1.165, 1.54) is 17.0 Å². The van der Waals surface area contributed by atoms with Crippen LogP contribution < -0.4 is 5.32 Å². The normalized spacial score (nSPS) is 15.5. The van der Waals surface area contributed by atoms with Crippen LogP contribution in [-0.4, -0.2) is 9.78 Å². The van der Waals surface area contributed by atoms with Gasteiger partial charge in [0.15, 0.2) is 0 Å². The van der Waals surface area contributed by atoms with Gasteiger partial charge in [-0.3, -0.25) is 4.68 Å². The Hall–Kier alpha value is -0.830. The predicted molar refractivity (Wildman–Crippen MR) is 43.2 cm³/mol. The Morgan fingerprint density at radius 2 is 2.36 bits per heavy atom. The molecular weight excluding hydrogens is 138 g/mol. The van der Waals surface area contributed by atoms with E-state index < -0.39 is 0 Å². The predicted octanol–water partition coefficient (Wildman–Crippen LogP) is 0.815. The number of aryl methyl sites for hydroxylation is 1. The van der Waals surface area contributed by atoms with Gasteiger partial charge in [-0.1, -0.05) is 0 Å². The summed E-state index contributed by atoms with van der Waals surface area (Å²) in [5.41, 5.74) is 3.98. The van der Waals surface area contributed by atoms with E-state index in [1.54, 1.807) is 0 Å². The number of nitrogens with zero attached hydrogens (tertiary/aromatic N) is 2. The van der Waals surface area contributed by atoms with Gasteiger partial charge in [0, 0.05) is 30.9 Å². The Labute approximate surface area is 66.4 Å². The van der Waals surface area contributed by atoms with Gasteiger partial charge in [-0.15, -0.1) is 0 Å². The molecule has 2 rings (SSSR count). The molecule has 1 aliphatic rings. The van der Waals surface area contributed by atoms with Gasteiger partial charge in [-0.05, 0) is 13.8 Å². The van der Waals surface area contributed by atoms with Crippen molar-refractivity contribution in [3.8, 4) is 0 Å². The summed E-state index contributed by atoms with van der Waals surface area (Å²) in [5.74, 6) is 0. The van der Waals surface area contributed by atoms with Crippen molar-refractivity contribution >= 4 is 0 Å². The molecule has 60 valence electrons. The molecule has 2 heterocycles. The van der Waals surface area contributed by atoms with Gasteiger partial charge in [0.05, 0.1) is 5.69 Å². The van der Waals surface area contributed by atoms with Crippen molar-refractivity contribution in [1.82, 2.24) is 15.1 Å². The molecule has 1 aliphatic heterocycles. The Bertz CT molecular complexity index is 274. The number of aromatic nitrogens is 2. The number of rotatable bonds is 1. The van der Waals surface area contributed by atoms with Crippen LogP contribution in [0.2, 0.25) is 0 Å². The van der Waals surface area contributed by atoms with Crippen molar-refractivity contribution in [2.75, 3.05) is 0 Å². The zero-order chi connectivity index (χ0) is 7.84. The number of fused-ring (bicyclic) bond motifs is 1. The van der Waals surface area contributed by atoms with Crippen molar-refractivity contribution in [1.29, 1.82) is 0 Å². The molecule has 0 atom stereocenters. The Kier molecular flexibility index (Phi) is 1.46. The van der Waals surface area contributed by atoms with Gasteiger partial charge in [-0.2, -0.15) is 5.10 Å². The lowest BCUT2D eigenvalue weighted by molar-refractivity contribution is 0.609. The second kappa shape index (κ2) is 2.34. The molecule has 0 aliphatic carbocycles. The first-order valence-corrected chi connectivity index (χ1v) is 4.08. The van der Waals surface area contributed by atoms with E-state index in [0.717, 1.165) is 19.6 Å². The molecule has 0 amide bonds. The second-order valence-electron chi connectivity index (χ2n) is 2.93. The average molecular weight is 151 g/mol. The molecule has 11 heavy (non-hydrogen) atoms. The molecule has 1 N–H and O–H groups in total. The first kappa shape index (κ1) is 6.85. The minimum Gasteiger partial charge on any atom is -0.307 e. The zero-order valence-corrected chi connectivity index (χ0v) is 7.02.